The number of nitrogens with zero attached hydrogens (tertiary/aromatic N) is 1. The highest BCUT2D eigenvalue weighted by molar-refractivity contribution is 5.79. The molecule has 0 saturated carbocycles. The lowest BCUT2D eigenvalue weighted by Gasteiger charge is -2.34. The van der Waals surface area contributed by atoms with Gasteiger partial charge in [-0.15, -0.1) is 0 Å². The van der Waals surface area contributed by atoms with Gasteiger partial charge in [0.1, 0.15) is 0 Å². The van der Waals surface area contributed by atoms with E-state index in [1.54, 1.807) is 13.0 Å². The first-order valence-corrected chi connectivity index (χ1v) is 4.97. The molecule has 15 heavy (non-hydrogen) atoms. The summed E-state index contributed by atoms with van der Waals surface area (Å²) in [5.41, 5.74) is -0.689. The molecule has 4 nitrogen and oxygen atoms in total. The Balaban J connectivity index is 2.60. The van der Waals surface area contributed by atoms with E-state index < -0.39 is 11.6 Å². The van der Waals surface area contributed by atoms with E-state index in [-0.39, 0.29) is 5.92 Å². The Morgan fingerprint density at radius 1 is 1.67 bits per heavy atom. The zero-order valence-electron chi connectivity index (χ0n) is 8.47. The maximum absolute atomic E-state index is 11.2. The van der Waals surface area contributed by atoms with E-state index in [1.807, 2.05) is 6.07 Å². The Hall–Kier alpha value is -1.42. The predicted octanol–water partition coefficient (Wildman–Crippen LogP) is 0.936. The zero-order chi connectivity index (χ0) is 11.1. The van der Waals surface area contributed by atoms with Gasteiger partial charge in [-0.25, -0.2) is 4.79 Å². The molecule has 1 aliphatic carbocycles. The fraction of sp³-hybridized carbons (Fsp3) is 0.455. The molecule has 0 saturated heterocycles. The van der Waals surface area contributed by atoms with Crippen molar-refractivity contribution in [3.8, 4) is 0 Å². The van der Waals surface area contributed by atoms with Gasteiger partial charge in [0.25, 0.3) is 0 Å². The van der Waals surface area contributed by atoms with Crippen molar-refractivity contribution < 1.29 is 15.0 Å². The van der Waals surface area contributed by atoms with Crippen LogP contribution < -0.4 is 0 Å². The quantitative estimate of drug-likeness (QED) is 0.718. The summed E-state index contributed by atoms with van der Waals surface area (Å²) >= 11 is 0. The second-order valence-corrected chi connectivity index (χ2v) is 4.02. The highest BCUT2D eigenvalue weighted by Gasteiger charge is 2.48. The molecule has 0 radical (unpaired) electrons. The van der Waals surface area contributed by atoms with Crippen molar-refractivity contribution in [2.24, 2.45) is 5.92 Å². The van der Waals surface area contributed by atoms with Gasteiger partial charge in [0.05, 0.1) is 5.69 Å². The molecule has 1 aromatic heterocycles. The van der Waals surface area contributed by atoms with Crippen LogP contribution in [0.4, 0.5) is 0 Å². The van der Waals surface area contributed by atoms with Crippen LogP contribution in [0, 0.1) is 5.92 Å². The van der Waals surface area contributed by atoms with Gasteiger partial charge in [-0.05, 0) is 24.5 Å². The average Bonchev–Trinajstić information content (AvgIpc) is 2.23. The number of hydrogen-bond donors (Lipinski definition) is 2. The van der Waals surface area contributed by atoms with E-state index in [1.165, 1.54) is 6.20 Å². The number of carboxylic acid groups (broad SMARTS) is 1. The van der Waals surface area contributed by atoms with Crippen molar-refractivity contribution in [2.75, 3.05) is 0 Å². The van der Waals surface area contributed by atoms with Crippen molar-refractivity contribution >= 4 is 5.97 Å². The standard InChI is InChI=1S/C11H13NO3/c1-7-4-5-8-3-2-6-12-9(8)11(7,15)10(13)14/h2-3,6-7,15H,4-5H2,1H3,(H,13,14). The molecule has 0 amide bonds. The van der Waals surface area contributed by atoms with Gasteiger partial charge in [-0.1, -0.05) is 13.0 Å². The summed E-state index contributed by atoms with van der Waals surface area (Å²) in [6, 6.07) is 3.58. The summed E-state index contributed by atoms with van der Waals surface area (Å²) in [6.07, 6.45) is 2.96. The van der Waals surface area contributed by atoms with Crippen LogP contribution in [0.25, 0.3) is 0 Å². The van der Waals surface area contributed by atoms with E-state index in [2.05, 4.69) is 4.98 Å². The molecule has 2 unspecified atom stereocenters. The molecule has 0 aromatic carbocycles. The van der Waals surface area contributed by atoms with Crippen LogP contribution in [0.5, 0.6) is 0 Å². The van der Waals surface area contributed by atoms with Crippen LogP contribution in [-0.2, 0) is 16.8 Å². The minimum Gasteiger partial charge on any atom is -0.479 e. The number of hydrogen-bond acceptors (Lipinski definition) is 3. The van der Waals surface area contributed by atoms with Crippen molar-refractivity contribution in [2.45, 2.75) is 25.4 Å². The Morgan fingerprint density at radius 2 is 2.40 bits per heavy atom. The van der Waals surface area contributed by atoms with Gasteiger partial charge in [0.15, 0.2) is 0 Å². The fourth-order valence-electron chi connectivity index (χ4n) is 2.11. The minimum atomic E-state index is -1.82. The number of aryl methyl sites for hydroxylation is 1. The minimum absolute atomic E-state index is 0.302. The number of pyridine rings is 1. The Morgan fingerprint density at radius 3 is 3.07 bits per heavy atom. The molecule has 1 aromatic rings. The third-order valence-corrected chi connectivity index (χ3v) is 3.14. The van der Waals surface area contributed by atoms with Gasteiger partial charge >= 0.3 is 5.97 Å². The van der Waals surface area contributed by atoms with Crippen molar-refractivity contribution in [1.29, 1.82) is 0 Å². The molecule has 1 heterocycles. The average molecular weight is 207 g/mol. The second kappa shape index (κ2) is 3.31. The summed E-state index contributed by atoms with van der Waals surface area (Å²) < 4.78 is 0. The lowest BCUT2D eigenvalue weighted by atomic mass is 9.75. The van der Waals surface area contributed by atoms with E-state index in [0.717, 1.165) is 12.0 Å². The first-order chi connectivity index (χ1) is 7.06. The number of carboxylic acids is 1. The Kier molecular flexibility index (Phi) is 2.23. The van der Waals surface area contributed by atoms with E-state index in [0.29, 0.717) is 12.1 Å². The van der Waals surface area contributed by atoms with Gasteiger partial charge in [-0.2, -0.15) is 0 Å². The van der Waals surface area contributed by atoms with Crippen LogP contribution >= 0.6 is 0 Å². The van der Waals surface area contributed by atoms with Crippen molar-refractivity contribution in [3.05, 3.63) is 29.6 Å². The Labute approximate surface area is 87.6 Å². The molecule has 2 rings (SSSR count). The topological polar surface area (TPSA) is 70.4 Å². The first kappa shape index (κ1) is 10.1. The normalized spacial score (nSPS) is 29.6. The van der Waals surface area contributed by atoms with Crippen LogP contribution in [0.3, 0.4) is 0 Å². The number of fused-ring (bicyclic) bond motifs is 1. The number of aliphatic hydroxyl groups is 1. The number of carbonyl (C=O) groups is 1. The van der Waals surface area contributed by atoms with Crippen LogP contribution in [0.2, 0.25) is 0 Å². The smallest absolute Gasteiger partial charge is 0.342 e. The molecule has 0 aliphatic heterocycles. The largest absolute Gasteiger partial charge is 0.479 e. The first-order valence-electron chi connectivity index (χ1n) is 4.97. The zero-order valence-corrected chi connectivity index (χ0v) is 8.47. The van der Waals surface area contributed by atoms with Gasteiger partial charge < -0.3 is 10.2 Å². The third kappa shape index (κ3) is 1.33. The summed E-state index contributed by atoms with van der Waals surface area (Å²) in [4.78, 5) is 15.2. The number of aliphatic carboxylic acids is 1. The predicted molar refractivity (Wildman–Crippen MR) is 53.3 cm³/mol. The molecular formula is C11H13NO3. The summed E-state index contributed by atoms with van der Waals surface area (Å²) in [5.74, 6) is -1.52. The SMILES string of the molecule is CC1CCc2cccnc2C1(O)C(=O)O. The number of rotatable bonds is 1. The highest BCUT2D eigenvalue weighted by atomic mass is 16.4. The second-order valence-electron chi connectivity index (χ2n) is 4.02. The van der Waals surface area contributed by atoms with E-state index in [4.69, 9.17) is 5.11 Å². The molecule has 80 valence electrons. The maximum atomic E-state index is 11.2. The van der Waals surface area contributed by atoms with Gasteiger partial charge in [0.2, 0.25) is 5.60 Å². The lowest BCUT2D eigenvalue weighted by Crippen LogP contribution is -2.45. The maximum Gasteiger partial charge on any atom is 0.342 e. The fourth-order valence-corrected chi connectivity index (χ4v) is 2.11. The molecule has 0 bridgehead atoms. The van der Waals surface area contributed by atoms with Crippen LogP contribution in [-0.4, -0.2) is 21.2 Å². The monoisotopic (exact) mass is 207 g/mol. The van der Waals surface area contributed by atoms with Gasteiger partial charge in [-0.3, -0.25) is 4.98 Å². The third-order valence-electron chi connectivity index (χ3n) is 3.14. The molecule has 1 aliphatic rings. The van der Waals surface area contributed by atoms with E-state index in [9.17, 15) is 9.90 Å². The van der Waals surface area contributed by atoms with Crippen LogP contribution in [0.15, 0.2) is 18.3 Å². The van der Waals surface area contributed by atoms with Crippen LogP contribution in [0.1, 0.15) is 24.6 Å². The molecule has 0 spiro atoms. The molecule has 2 N–H and O–H groups in total. The summed E-state index contributed by atoms with van der Waals surface area (Å²) in [7, 11) is 0. The molecule has 2 atom stereocenters. The molecule has 4 heteroatoms. The van der Waals surface area contributed by atoms with Gasteiger partial charge in [0, 0.05) is 12.1 Å². The summed E-state index contributed by atoms with van der Waals surface area (Å²) in [5, 5.41) is 19.3. The highest BCUT2D eigenvalue weighted by Crippen LogP contribution is 2.38. The van der Waals surface area contributed by atoms with E-state index >= 15 is 0 Å². The lowest BCUT2D eigenvalue weighted by molar-refractivity contribution is -0.168. The number of aromatic nitrogens is 1. The summed E-state index contributed by atoms with van der Waals surface area (Å²) in [6.45, 7) is 1.74. The van der Waals surface area contributed by atoms with Crippen molar-refractivity contribution in [1.82, 2.24) is 4.98 Å². The Bertz CT molecular complexity index is 405. The molecular weight excluding hydrogens is 194 g/mol. The van der Waals surface area contributed by atoms with Crippen molar-refractivity contribution in [3.63, 3.8) is 0 Å². The molecule has 0 fully saturated rings.